The van der Waals surface area contributed by atoms with Gasteiger partial charge in [0.05, 0.1) is 0 Å². The first kappa shape index (κ1) is 7.95. The van der Waals surface area contributed by atoms with Crippen molar-refractivity contribution in [2.45, 2.75) is 6.92 Å². The number of allylic oxidation sites excluding steroid dienone is 1. The number of rotatable bonds is 2. The van der Waals surface area contributed by atoms with Crippen LogP contribution in [0, 0.1) is 0 Å². The van der Waals surface area contributed by atoms with E-state index in [0.29, 0.717) is 0 Å². The van der Waals surface area contributed by atoms with E-state index in [4.69, 9.17) is 0 Å². The second-order valence-electron chi connectivity index (χ2n) is 1.46. The Bertz CT molecular complexity index is 134. The van der Waals surface area contributed by atoms with Crippen LogP contribution in [0.5, 0.6) is 0 Å². The molecule has 0 aliphatic rings. The molecule has 0 unspecified atom stereocenters. The van der Waals surface area contributed by atoms with Crippen LogP contribution in [0.3, 0.4) is 0 Å². The summed E-state index contributed by atoms with van der Waals surface area (Å²) in [5, 5.41) is 2.86. The molecule has 0 bridgehead atoms. The molecule has 0 heterocycles. The summed E-state index contributed by atoms with van der Waals surface area (Å²) < 4.78 is 0. The molecule has 2 nitrogen and oxygen atoms in total. The molecular formula is C7H12N2. The minimum atomic E-state index is 0.826. The van der Waals surface area contributed by atoms with E-state index in [1.807, 2.05) is 19.1 Å². The van der Waals surface area contributed by atoms with Crippen LogP contribution in [0.1, 0.15) is 6.92 Å². The van der Waals surface area contributed by atoms with Gasteiger partial charge in [-0.3, -0.25) is 4.99 Å². The molecule has 0 aliphatic carbocycles. The summed E-state index contributed by atoms with van der Waals surface area (Å²) in [4.78, 5) is 3.92. The first-order valence-corrected chi connectivity index (χ1v) is 2.82. The van der Waals surface area contributed by atoms with Crippen molar-refractivity contribution in [2.24, 2.45) is 4.99 Å². The summed E-state index contributed by atoms with van der Waals surface area (Å²) in [6, 6.07) is 0. The van der Waals surface area contributed by atoms with Crippen LogP contribution in [0.15, 0.2) is 29.9 Å². The summed E-state index contributed by atoms with van der Waals surface area (Å²) in [7, 11) is 1.73. The van der Waals surface area contributed by atoms with Gasteiger partial charge in [0.25, 0.3) is 0 Å². The predicted octanol–water partition coefficient (Wildman–Crippen LogP) is 1.32. The predicted molar refractivity (Wildman–Crippen MR) is 41.5 cm³/mol. The Morgan fingerprint density at radius 1 is 1.67 bits per heavy atom. The first-order valence-electron chi connectivity index (χ1n) is 2.82. The van der Waals surface area contributed by atoms with E-state index < -0.39 is 0 Å². The highest BCUT2D eigenvalue weighted by molar-refractivity contribution is 5.93. The summed E-state index contributed by atoms with van der Waals surface area (Å²) in [6.45, 7) is 5.45. The van der Waals surface area contributed by atoms with E-state index in [1.165, 1.54) is 0 Å². The lowest BCUT2D eigenvalue weighted by atomic mass is 10.5. The van der Waals surface area contributed by atoms with Crippen molar-refractivity contribution < 1.29 is 0 Å². The van der Waals surface area contributed by atoms with Crippen molar-refractivity contribution in [1.82, 2.24) is 5.32 Å². The van der Waals surface area contributed by atoms with Crippen LogP contribution in [0.2, 0.25) is 0 Å². The fraction of sp³-hybridized carbons (Fsp3) is 0.286. The zero-order chi connectivity index (χ0) is 7.11. The zero-order valence-corrected chi connectivity index (χ0v) is 5.89. The lowest BCUT2D eigenvalue weighted by Gasteiger charge is -1.95. The smallest absolute Gasteiger partial charge is 0.124 e. The number of hydrogen-bond donors (Lipinski definition) is 1. The molecule has 1 N–H and O–H groups in total. The molecule has 0 aliphatic heterocycles. The normalized spacial score (nSPS) is 12.0. The molecule has 50 valence electrons. The van der Waals surface area contributed by atoms with Crippen molar-refractivity contribution >= 4 is 5.84 Å². The number of hydrogen-bond acceptors (Lipinski definition) is 1. The van der Waals surface area contributed by atoms with E-state index in [-0.39, 0.29) is 0 Å². The second-order valence-corrected chi connectivity index (χ2v) is 1.46. The lowest BCUT2D eigenvalue weighted by molar-refractivity contribution is 1.25. The van der Waals surface area contributed by atoms with Crippen molar-refractivity contribution in [3.8, 4) is 0 Å². The Labute approximate surface area is 56.0 Å². The second kappa shape index (κ2) is 5.09. The van der Waals surface area contributed by atoms with Crippen LogP contribution in [-0.2, 0) is 0 Å². The molecule has 0 rings (SSSR count). The maximum Gasteiger partial charge on any atom is 0.124 e. The van der Waals surface area contributed by atoms with E-state index in [9.17, 15) is 0 Å². The minimum Gasteiger partial charge on any atom is -0.348 e. The van der Waals surface area contributed by atoms with Gasteiger partial charge in [0.1, 0.15) is 5.84 Å². The number of nitrogens with one attached hydrogen (secondary N) is 1. The third-order valence-electron chi connectivity index (χ3n) is 0.815. The Hall–Kier alpha value is -1.05. The molecule has 0 amide bonds. The van der Waals surface area contributed by atoms with Gasteiger partial charge >= 0.3 is 0 Å². The van der Waals surface area contributed by atoms with Crippen LogP contribution >= 0.6 is 0 Å². The average molecular weight is 124 g/mol. The van der Waals surface area contributed by atoms with Crippen molar-refractivity contribution in [3.05, 3.63) is 24.9 Å². The van der Waals surface area contributed by atoms with Gasteiger partial charge in [0, 0.05) is 7.05 Å². The number of nitrogens with zero attached hydrogens (tertiary/aromatic N) is 1. The summed E-state index contributed by atoms with van der Waals surface area (Å²) in [5.41, 5.74) is 0. The van der Waals surface area contributed by atoms with Gasteiger partial charge in [-0.2, -0.15) is 0 Å². The third-order valence-corrected chi connectivity index (χ3v) is 0.815. The van der Waals surface area contributed by atoms with Crippen LogP contribution < -0.4 is 5.32 Å². The fourth-order valence-corrected chi connectivity index (χ4v) is 0.450. The Balaban J connectivity index is 3.84. The van der Waals surface area contributed by atoms with Gasteiger partial charge in [-0.1, -0.05) is 12.7 Å². The maximum atomic E-state index is 3.92. The summed E-state index contributed by atoms with van der Waals surface area (Å²) in [6.07, 6.45) is 5.39. The molecule has 0 saturated carbocycles. The van der Waals surface area contributed by atoms with Gasteiger partial charge in [0.2, 0.25) is 0 Å². The fourth-order valence-electron chi connectivity index (χ4n) is 0.450. The van der Waals surface area contributed by atoms with Crippen molar-refractivity contribution in [3.63, 3.8) is 0 Å². The molecule has 9 heavy (non-hydrogen) atoms. The Morgan fingerprint density at radius 2 is 2.33 bits per heavy atom. The maximum absolute atomic E-state index is 3.92. The highest BCUT2D eigenvalue weighted by Gasteiger charge is 1.81. The van der Waals surface area contributed by atoms with Gasteiger partial charge < -0.3 is 5.32 Å². The molecule has 0 aromatic carbocycles. The lowest BCUT2D eigenvalue weighted by Crippen LogP contribution is -2.13. The Kier molecular flexibility index (Phi) is 4.50. The molecule has 0 radical (unpaired) electrons. The SMILES string of the molecule is C=CNC(/C=C/C)=NC. The van der Waals surface area contributed by atoms with E-state index in [1.54, 1.807) is 13.2 Å². The van der Waals surface area contributed by atoms with Gasteiger partial charge in [-0.15, -0.1) is 0 Å². The molecule has 0 spiro atoms. The van der Waals surface area contributed by atoms with Crippen molar-refractivity contribution in [2.75, 3.05) is 7.05 Å². The topological polar surface area (TPSA) is 24.4 Å². The average Bonchev–Trinajstić information content (AvgIpc) is 1.88. The highest BCUT2D eigenvalue weighted by Crippen LogP contribution is 1.75. The molecule has 0 saturated heterocycles. The monoisotopic (exact) mass is 124 g/mol. The summed E-state index contributed by atoms with van der Waals surface area (Å²) >= 11 is 0. The molecule has 2 heteroatoms. The van der Waals surface area contributed by atoms with Crippen LogP contribution in [0.4, 0.5) is 0 Å². The molecule has 0 fully saturated rings. The zero-order valence-electron chi connectivity index (χ0n) is 5.89. The molecule has 0 aromatic rings. The van der Waals surface area contributed by atoms with Crippen LogP contribution in [0.25, 0.3) is 0 Å². The van der Waals surface area contributed by atoms with E-state index >= 15 is 0 Å². The summed E-state index contributed by atoms with van der Waals surface area (Å²) in [5.74, 6) is 0.826. The van der Waals surface area contributed by atoms with Crippen molar-refractivity contribution in [1.29, 1.82) is 0 Å². The van der Waals surface area contributed by atoms with Gasteiger partial charge in [-0.25, -0.2) is 0 Å². The highest BCUT2D eigenvalue weighted by atomic mass is 14.9. The number of aliphatic imine (C=N–C) groups is 1. The minimum absolute atomic E-state index is 0.826. The largest absolute Gasteiger partial charge is 0.348 e. The molecule has 0 atom stereocenters. The quantitative estimate of drug-likeness (QED) is 0.436. The molecule has 0 aromatic heterocycles. The standard InChI is InChI=1S/C7H12N2/c1-4-6-7(8-3)9-5-2/h4-6H,2H2,1,3H3,(H,8,9)/b6-4+. The van der Waals surface area contributed by atoms with E-state index in [0.717, 1.165) is 5.84 Å². The van der Waals surface area contributed by atoms with Gasteiger partial charge in [0.15, 0.2) is 0 Å². The van der Waals surface area contributed by atoms with E-state index in [2.05, 4.69) is 16.9 Å². The molecular weight excluding hydrogens is 112 g/mol. The van der Waals surface area contributed by atoms with Gasteiger partial charge in [-0.05, 0) is 19.2 Å². The van der Waals surface area contributed by atoms with Crippen LogP contribution in [-0.4, -0.2) is 12.9 Å². The Morgan fingerprint density at radius 3 is 2.67 bits per heavy atom. The third kappa shape index (κ3) is 3.53. The number of amidine groups is 1. The first-order chi connectivity index (χ1) is 4.35.